The molecule has 9 heteroatoms. The Morgan fingerprint density at radius 3 is 1.41 bits per heavy atom. The molecule has 182 valence electrons. The van der Waals surface area contributed by atoms with Gasteiger partial charge < -0.3 is 5.32 Å². The van der Waals surface area contributed by atoms with Gasteiger partial charge >= 0.3 is 6.03 Å². The highest BCUT2D eigenvalue weighted by Gasteiger charge is 2.24. The summed E-state index contributed by atoms with van der Waals surface area (Å²) in [5.74, 6) is -1.08. The minimum atomic E-state index is -4.40. The van der Waals surface area contributed by atoms with E-state index in [4.69, 9.17) is 0 Å². The molecule has 0 unspecified atom stereocenters. The zero-order valence-electron chi connectivity index (χ0n) is 20.4. The number of ketones is 3. The van der Waals surface area contributed by atoms with Crippen molar-refractivity contribution >= 4 is 39.1 Å². The number of carbonyl (C=O) groups is 4. The van der Waals surface area contributed by atoms with Crippen molar-refractivity contribution in [3.05, 3.63) is 58.1 Å². The second kappa shape index (κ2) is 10.3. The monoisotopic (exact) mass is 486 g/mol. The number of anilines is 1. The van der Waals surface area contributed by atoms with Crippen molar-refractivity contribution < 1.29 is 27.6 Å². The Bertz CT molecular complexity index is 1220. The molecule has 0 aliphatic heterocycles. The van der Waals surface area contributed by atoms with Crippen molar-refractivity contribution in [1.82, 2.24) is 4.72 Å². The normalized spacial score (nSPS) is 11.4. The first kappa shape index (κ1) is 26.9. The van der Waals surface area contributed by atoms with E-state index in [1.54, 1.807) is 12.1 Å². The van der Waals surface area contributed by atoms with Crippen molar-refractivity contribution in [1.29, 1.82) is 0 Å². The number of carbonyl (C=O) groups excluding carboxylic acids is 4. The minimum Gasteiger partial charge on any atom is -0.307 e. The Morgan fingerprint density at radius 1 is 0.676 bits per heavy atom. The molecule has 0 radical (unpaired) electrons. The molecule has 0 aromatic heterocycles. The molecule has 0 aliphatic carbocycles. The average molecular weight is 487 g/mol. The summed E-state index contributed by atoms with van der Waals surface area (Å²) >= 11 is 0. The number of hydrogen-bond acceptors (Lipinski definition) is 6. The van der Waals surface area contributed by atoms with Crippen molar-refractivity contribution in [2.45, 2.75) is 65.2 Å². The molecule has 0 atom stereocenters. The minimum absolute atomic E-state index is 0.0393. The molecule has 0 heterocycles. The summed E-state index contributed by atoms with van der Waals surface area (Å²) < 4.78 is 27.8. The summed E-state index contributed by atoms with van der Waals surface area (Å²) in [6.45, 7) is 11.6. The number of benzene rings is 2. The number of rotatable bonds is 8. The van der Waals surface area contributed by atoms with Crippen LogP contribution in [-0.4, -0.2) is 31.8 Å². The fourth-order valence-corrected chi connectivity index (χ4v) is 4.40. The predicted octanol–water partition coefficient (Wildman–Crippen LogP) is 5.05. The quantitative estimate of drug-likeness (QED) is 0.503. The van der Waals surface area contributed by atoms with Crippen LogP contribution in [0, 0.1) is 0 Å². The van der Waals surface area contributed by atoms with E-state index in [1.165, 1.54) is 26.8 Å². The maximum absolute atomic E-state index is 12.9. The molecule has 0 saturated carbocycles. The molecular formula is C25H30N2O6S. The van der Waals surface area contributed by atoms with Gasteiger partial charge in [0.15, 0.2) is 17.3 Å². The molecule has 0 bridgehead atoms. The van der Waals surface area contributed by atoms with Crippen LogP contribution in [0.3, 0.4) is 0 Å². The Morgan fingerprint density at radius 2 is 1.06 bits per heavy atom. The third-order valence-electron chi connectivity index (χ3n) is 5.35. The molecule has 2 aromatic rings. The van der Waals surface area contributed by atoms with Crippen LogP contribution in [0.2, 0.25) is 0 Å². The SMILES string of the molecule is CC(=O)c1cc(C(C)=O)cc(S(=O)(=O)NC(=O)Nc2c(C(C)C)cc(C(C)=O)cc2C(C)C)c1. The number of Topliss-reactive ketones (excluding diaryl/α,β-unsaturated/α-hetero) is 3. The standard InChI is InChI=1S/C25H30N2O6S/c1-13(2)22-11-20(17(7)30)12-23(14(3)4)24(22)26-25(31)27-34(32,33)21-9-18(15(5)28)8-19(10-21)16(6)29/h8-14H,1-7H3,(H2,26,27,31). The van der Waals surface area contributed by atoms with Crippen LogP contribution in [0.4, 0.5) is 10.5 Å². The smallest absolute Gasteiger partial charge is 0.307 e. The van der Waals surface area contributed by atoms with Crippen molar-refractivity contribution in [2.75, 3.05) is 5.32 Å². The second-order valence-corrected chi connectivity index (χ2v) is 10.5. The molecule has 0 spiro atoms. The summed E-state index contributed by atoms with van der Waals surface area (Å²) in [5, 5.41) is 2.63. The lowest BCUT2D eigenvalue weighted by molar-refractivity contribution is 0.100. The Hall–Kier alpha value is -3.33. The highest BCUT2D eigenvalue weighted by molar-refractivity contribution is 7.90. The number of amides is 2. The van der Waals surface area contributed by atoms with Crippen LogP contribution in [0.15, 0.2) is 35.2 Å². The van der Waals surface area contributed by atoms with Crippen LogP contribution in [0.25, 0.3) is 0 Å². The van der Waals surface area contributed by atoms with E-state index in [-0.39, 0.29) is 33.6 Å². The molecular weight excluding hydrogens is 456 g/mol. The molecule has 34 heavy (non-hydrogen) atoms. The van der Waals surface area contributed by atoms with Crippen molar-refractivity contribution in [3.63, 3.8) is 0 Å². The molecule has 8 nitrogen and oxygen atoms in total. The summed E-state index contributed by atoms with van der Waals surface area (Å²) in [7, 11) is -4.40. The van der Waals surface area contributed by atoms with Gasteiger partial charge in [-0.1, -0.05) is 27.7 Å². The molecule has 0 aliphatic rings. The summed E-state index contributed by atoms with van der Waals surface area (Å²) in [6, 6.07) is 5.93. The topological polar surface area (TPSA) is 126 Å². The van der Waals surface area contributed by atoms with Gasteiger partial charge in [0, 0.05) is 22.4 Å². The lowest BCUT2D eigenvalue weighted by Crippen LogP contribution is -2.35. The third-order valence-corrected chi connectivity index (χ3v) is 6.66. The number of hydrogen-bond donors (Lipinski definition) is 2. The first-order valence-electron chi connectivity index (χ1n) is 10.8. The molecule has 2 amide bonds. The van der Waals surface area contributed by atoms with E-state index in [9.17, 15) is 27.6 Å². The number of nitrogens with one attached hydrogen (secondary N) is 2. The predicted molar refractivity (Wildman–Crippen MR) is 130 cm³/mol. The third kappa shape index (κ3) is 6.17. The van der Waals surface area contributed by atoms with E-state index in [1.807, 2.05) is 32.4 Å². The highest BCUT2D eigenvalue weighted by atomic mass is 32.2. The molecule has 2 aromatic carbocycles. The van der Waals surface area contributed by atoms with Crippen LogP contribution in [-0.2, 0) is 10.0 Å². The van der Waals surface area contributed by atoms with Crippen LogP contribution >= 0.6 is 0 Å². The Balaban J connectivity index is 2.49. The first-order chi connectivity index (χ1) is 15.6. The van der Waals surface area contributed by atoms with E-state index < -0.39 is 27.6 Å². The zero-order chi connectivity index (χ0) is 26.0. The molecule has 2 rings (SSSR count). The summed E-state index contributed by atoms with van der Waals surface area (Å²) in [5.41, 5.74) is 2.41. The van der Waals surface area contributed by atoms with Crippen LogP contribution in [0.5, 0.6) is 0 Å². The molecule has 0 saturated heterocycles. The second-order valence-electron chi connectivity index (χ2n) is 8.81. The van der Waals surface area contributed by atoms with Gasteiger partial charge in [0.05, 0.1) is 4.90 Å². The average Bonchev–Trinajstić information content (AvgIpc) is 2.72. The maximum atomic E-state index is 12.9. The van der Waals surface area contributed by atoms with Crippen LogP contribution in [0.1, 0.15) is 103 Å². The van der Waals surface area contributed by atoms with Gasteiger partial charge in [0.25, 0.3) is 10.0 Å². The van der Waals surface area contributed by atoms with E-state index in [0.717, 1.165) is 12.1 Å². The number of urea groups is 1. The molecule has 0 fully saturated rings. The lowest BCUT2D eigenvalue weighted by atomic mass is 9.89. The Labute approximate surface area is 200 Å². The fraction of sp³-hybridized carbons (Fsp3) is 0.360. The van der Waals surface area contributed by atoms with Gasteiger partial charge in [-0.25, -0.2) is 17.9 Å². The largest absolute Gasteiger partial charge is 0.333 e. The van der Waals surface area contributed by atoms with E-state index in [2.05, 4.69) is 5.32 Å². The van der Waals surface area contributed by atoms with E-state index >= 15 is 0 Å². The summed E-state index contributed by atoms with van der Waals surface area (Å²) in [6.07, 6.45) is 0. The van der Waals surface area contributed by atoms with Gasteiger partial charge in [-0.2, -0.15) is 0 Å². The van der Waals surface area contributed by atoms with Crippen molar-refractivity contribution in [2.24, 2.45) is 0 Å². The van der Waals surface area contributed by atoms with Gasteiger partial charge in [-0.05, 0) is 74.1 Å². The summed E-state index contributed by atoms with van der Waals surface area (Å²) in [4.78, 5) is 48.0. The van der Waals surface area contributed by atoms with E-state index in [0.29, 0.717) is 22.4 Å². The van der Waals surface area contributed by atoms with Crippen molar-refractivity contribution in [3.8, 4) is 0 Å². The highest BCUT2D eigenvalue weighted by Crippen LogP contribution is 2.34. The van der Waals surface area contributed by atoms with Gasteiger partial charge in [-0.3, -0.25) is 14.4 Å². The van der Waals surface area contributed by atoms with Gasteiger partial charge in [0.1, 0.15) is 0 Å². The first-order valence-corrected chi connectivity index (χ1v) is 12.3. The Kier molecular flexibility index (Phi) is 8.15. The van der Waals surface area contributed by atoms with Gasteiger partial charge in [-0.15, -0.1) is 0 Å². The van der Waals surface area contributed by atoms with Gasteiger partial charge in [0.2, 0.25) is 0 Å². The molecule has 2 N–H and O–H groups in total. The zero-order valence-corrected chi connectivity index (χ0v) is 21.2. The van der Waals surface area contributed by atoms with Crippen LogP contribution < -0.4 is 10.0 Å². The lowest BCUT2D eigenvalue weighted by Gasteiger charge is -2.22. The number of sulfonamides is 1. The maximum Gasteiger partial charge on any atom is 0.333 e. The fourth-order valence-electron chi connectivity index (χ4n) is 3.43.